The van der Waals surface area contributed by atoms with Gasteiger partial charge in [-0.1, -0.05) is 32.4 Å². The summed E-state index contributed by atoms with van der Waals surface area (Å²) in [6.07, 6.45) is 9.90. The average molecular weight is 302 g/mol. The second-order valence-electron chi connectivity index (χ2n) is 8.59. The molecule has 3 fully saturated rings. The van der Waals surface area contributed by atoms with Crippen molar-refractivity contribution in [3.8, 4) is 0 Å². The molecule has 0 heterocycles. The summed E-state index contributed by atoms with van der Waals surface area (Å²) in [6, 6.07) is 0. The van der Waals surface area contributed by atoms with Gasteiger partial charge < -0.3 is 5.11 Å². The largest absolute Gasteiger partial charge is 0.385 e. The van der Waals surface area contributed by atoms with Gasteiger partial charge in [-0.2, -0.15) is 0 Å². The molecule has 3 nitrogen and oxygen atoms in total. The van der Waals surface area contributed by atoms with Gasteiger partial charge in [0.1, 0.15) is 6.10 Å². The zero-order chi connectivity index (χ0) is 15.7. The van der Waals surface area contributed by atoms with E-state index in [4.69, 9.17) is 0 Å². The number of rotatable bonds is 0. The van der Waals surface area contributed by atoms with Gasteiger partial charge in [-0.25, -0.2) is 0 Å². The fourth-order valence-electron chi connectivity index (χ4n) is 6.31. The van der Waals surface area contributed by atoms with Crippen molar-refractivity contribution in [3.63, 3.8) is 0 Å². The van der Waals surface area contributed by atoms with Gasteiger partial charge in [0.25, 0.3) is 0 Å². The molecule has 3 saturated carbocycles. The summed E-state index contributed by atoms with van der Waals surface area (Å²) in [7, 11) is 0. The van der Waals surface area contributed by atoms with E-state index in [2.05, 4.69) is 19.1 Å². The summed E-state index contributed by atoms with van der Waals surface area (Å²) >= 11 is 0. The van der Waals surface area contributed by atoms with Crippen LogP contribution in [0.5, 0.6) is 0 Å². The number of hydrogen-bond donors (Lipinski definition) is 1. The Kier molecular flexibility index (Phi) is 3.01. The molecule has 0 bridgehead atoms. The highest BCUT2D eigenvalue weighted by Crippen LogP contribution is 2.63. The van der Waals surface area contributed by atoms with Gasteiger partial charge >= 0.3 is 0 Å². The first kappa shape index (κ1) is 14.6. The first-order valence-electron chi connectivity index (χ1n) is 8.83. The molecular formula is C19H26O3. The maximum absolute atomic E-state index is 12.8. The molecule has 4 rings (SSSR count). The molecule has 0 radical (unpaired) electrons. The number of fused-ring (bicyclic) bond motifs is 5. The van der Waals surface area contributed by atoms with Crippen molar-refractivity contribution in [1.82, 2.24) is 0 Å². The number of ketones is 2. The smallest absolute Gasteiger partial charge is 0.227 e. The van der Waals surface area contributed by atoms with Crippen LogP contribution in [0.2, 0.25) is 0 Å². The number of allylic oxidation sites excluding steroid dienone is 2. The average Bonchev–Trinajstić information content (AvgIpc) is 2.89. The van der Waals surface area contributed by atoms with Crippen LogP contribution in [-0.2, 0) is 9.59 Å². The summed E-state index contributed by atoms with van der Waals surface area (Å²) in [6.45, 7) is 4.42. The van der Waals surface area contributed by atoms with Crippen molar-refractivity contribution in [3.05, 3.63) is 12.2 Å². The van der Waals surface area contributed by atoms with Crippen LogP contribution in [-0.4, -0.2) is 22.8 Å². The highest BCUT2D eigenvalue weighted by Gasteiger charge is 2.61. The van der Waals surface area contributed by atoms with E-state index in [-0.39, 0.29) is 17.6 Å². The Morgan fingerprint density at radius 3 is 2.64 bits per heavy atom. The van der Waals surface area contributed by atoms with E-state index in [0.717, 1.165) is 6.42 Å². The highest BCUT2D eigenvalue weighted by molar-refractivity contribution is 6.41. The minimum atomic E-state index is -1.09. The van der Waals surface area contributed by atoms with Gasteiger partial charge in [-0.15, -0.1) is 0 Å². The highest BCUT2D eigenvalue weighted by atomic mass is 16.3. The molecule has 4 aliphatic carbocycles. The molecule has 0 spiro atoms. The maximum Gasteiger partial charge on any atom is 0.227 e. The Bertz CT molecular complexity index is 565. The van der Waals surface area contributed by atoms with Crippen LogP contribution in [0.25, 0.3) is 0 Å². The SMILES string of the molecule is C[C@@]12CCC[C@H]1[C@@H]1C=CC3CC(O)C(=O)C(=O)[C@]3(C)[C@H]1CC2. The maximum atomic E-state index is 12.8. The number of Topliss-reactive ketones (excluding diaryl/α,β-unsaturated/α-hetero) is 2. The van der Waals surface area contributed by atoms with E-state index in [0.29, 0.717) is 23.7 Å². The Morgan fingerprint density at radius 2 is 1.86 bits per heavy atom. The Hall–Kier alpha value is -0.960. The third-order valence-corrected chi connectivity index (χ3v) is 7.71. The molecule has 0 aromatic carbocycles. The second-order valence-corrected chi connectivity index (χ2v) is 8.59. The minimum absolute atomic E-state index is 0.0275. The normalized spacial score (nSPS) is 53.9. The van der Waals surface area contributed by atoms with E-state index in [1.54, 1.807) is 0 Å². The lowest BCUT2D eigenvalue weighted by Gasteiger charge is -2.56. The van der Waals surface area contributed by atoms with Crippen molar-refractivity contribution in [2.75, 3.05) is 0 Å². The third kappa shape index (κ3) is 1.66. The van der Waals surface area contributed by atoms with E-state index < -0.39 is 17.3 Å². The first-order chi connectivity index (χ1) is 10.4. The number of aliphatic hydroxyl groups excluding tert-OH is 1. The van der Waals surface area contributed by atoms with E-state index in [1.807, 2.05) is 6.92 Å². The first-order valence-corrected chi connectivity index (χ1v) is 8.83. The third-order valence-electron chi connectivity index (χ3n) is 7.71. The van der Waals surface area contributed by atoms with Gasteiger partial charge in [0, 0.05) is 5.41 Å². The van der Waals surface area contributed by atoms with Crippen LogP contribution >= 0.6 is 0 Å². The molecular weight excluding hydrogens is 276 g/mol. The molecule has 1 N–H and O–H groups in total. The number of carbonyl (C=O) groups excluding carboxylic acids is 2. The van der Waals surface area contributed by atoms with Crippen molar-refractivity contribution in [2.24, 2.45) is 34.5 Å². The Balaban J connectivity index is 1.76. The molecule has 2 unspecified atom stereocenters. The molecule has 120 valence electrons. The summed E-state index contributed by atoms with van der Waals surface area (Å²) in [4.78, 5) is 24.9. The molecule has 0 aliphatic heterocycles. The van der Waals surface area contributed by atoms with Gasteiger partial charge in [0.2, 0.25) is 11.6 Å². The topological polar surface area (TPSA) is 54.4 Å². The fourth-order valence-corrected chi connectivity index (χ4v) is 6.31. The lowest BCUT2D eigenvalue weighted by Crippen LogP contribution is -2.59. The van der Waals surface area contributed by atoms with Gasteiger partial charge in [0.05, 0.1) is 0 Å². The molecule has 0 aromatic heterocycles. The predicted molar refractivity (Wildman–Crippen MR) is 83.0 cm³/mol. The van der Waals surface area contributed by atoms with E-state index in [9.17, 15) is 14.7 Å². The van der Waals surface area contributed by atoms with Gasteiger partial charge in [0.15, 0.2) is 0 Å². The number of aliphatic hydroxyl groups is 1. The molecule has 7 atom stereocenters. The van der Waals surface area contributed by atoms with Crippen LogP contribution in [0.1, 0.15) is 52.4 Å². The monoisotopic (exact) mass is 302 g/mol. The molecule has 4 aliphatic rings. The predicted octanol–water partition coefficient (Wildman–Crippen LogP) is 2.91. The minimum Gasteiger partial charge on any atom is -0.385 e. The number of hydrogen-bond acceptors (Lipinski definition) is 3. The Morgan fingerprint density at radius 1 is 1.09 bits per heavy atom. The molecule has 0 aromatic rings. The fraction of sp³-hybridized carbons (Fsp3) is 0.789. The summed E-state index contributed by atoms with van der Waals surface area (Å²) in [5.41, 5.74) is -0.157. The zero-order valence-electron chi connectivity index (χ0n) is 13.5. The van der Waals surface area contributed by atoms with Crippen LogP contribution in [0.4, 0.5) is 0 Å². The van der Waals surface area contributed by atoms with Gasteiger partial charge in [-0.3, -0.25) is 9.59 Å². The van der Waals surface area contributed by atoms with Crippen LogP contribution in [0.15, 0.2) is 12.2 Å². The standard InChI is InChI=1S/C19H26O3/c1-18-8-3-4-13(18)12-6-5-11-10-15(20)16(21)17(22)19(11,2)14(12)7-9-18/h5-6,11-15,20H,3-4,7-10H2,1-2H3/t11?,12-,13-,14-,15?,18-,19-/m0/s1. The Labute approximate surface area is 132 Å². The molecule has 0 amide bonds. The molecule has 3 heteroatoms. The van der Waals surface area contributed by atoms with Gasteiger partial charge in [-0.05, 0) is 61.2 Å². The van der Waals surface area contributed by atoms with Crippen molar-refractivity contribution >= 4 is 11.6 Å². The second kappa shape index (κ2) is 4.53. The summed E-state index contributed by atoms with van der Waals surface area (Å²) < 4.78 is 0. The summed E-state index contributed by atoms with van der Waals surface area (Å²) in [5.74, 6) is 0.552. The lowest BCUT2D eigenvalue weighted by molar-refractivity contribution is -0.161. The van der Waals surface area contributed by atoms with E-state index in [1.165, 1.54) is 25.7 Å². The zero-order valence-corrected chi connectivity index (χ0v) is 13.5. The van der Waals surface area contributed by atoms with E-state index >= 15 is 0 Å². The summed E-state index contributed by atoms with van der Waals surface area (Å²) in [5, 5.41) is 9.88. The lowest BCUT2D eigenvalue weighted by atomic mass is 9.47. The number of carbonyl (C=O) groups is 2. The van der Waals surface area contributed by atoms with Crippen molar-refractivity contribution < 1.29 is 14.7 Å². The molecule has 0 saturated heterocycles. The van der Waals surface area contributed by atoms with Crippen molar-refractivity contribution in [1.29, 1.82) is 0 Å². The van der Waals surface area contributed by atoms with Crippen molar-refractivity contribution in [2.45, 2.75) is 58.5 Å². The van der Waals surface area contributed by atoms with Crippen LogP contribution in [0, 0.1) is 34.5 Å². The quantitative estimate of drug-likeness (QED) is 0.553. The van der Waals surface area contributed by atoms with Crippen LogP contribution < -0.4 is 0 Å². The molecule has 22 heavy (non-hydrogen) atoms. The van der Waals surface area contributed by atoms with Crippen LogP contribution in [0.3, 0.4) is 0 Å².